The lowest BCUT2D eigenvalue weighted by atomic mass is 10.0. The third-order valence-corrected chi connectivity index (χ3v) is 7.69. The lowest BCUT2D eigenvalue weighted by Gasteiger charge is -2.12. The summed E-state index contributed by atoms with van der Waals surface area (Å²) in [5, 5.41) is 15.1. The number of carbonyl (C=O) groups is 1. The Balaban J connectivity index is 1.03. The Morgan fingerprint density at radius 2 is 1.81 bits per heavy atom. The van der Waals surface area contributed by atoms with Crippen LogP contribution in [0, 0.1) is 0 Å². The van der Waals surface area contributed by atoms with Crippen LogP contribution in [-0.4, -0.2) is 45.9 Å². The van der Waals surface area contributed by atoms with E-state index in [1.54, 1.807) is 18.3 Å². The summed E-state index contributed by atoms with van der Waals surface area (Å²) >= 11 is 6.56. The molecule has 0 atom stereocenters. The van der Waals surface area contributed by atoms with E-state index in [9.17, 15) is 4.79 Å². The van der Waals surface area contributed by atoms with Crippen LogP contribution in [-0.2, 0) is 24.2 Å². The molecule has 216 valence electrons. The molecule has 0 saturated heterocycles. The summed E-state index contributed by atoms with van der Waals surface area (Å²) in [6.45, 7) is 2.95. The van der Waals surface area contributed by atoms with Crippen molar-refractivity contribution in [2.75, 3.05) is 25.5 Å². The van der Waals surface area contributed by atoms with Gasteiger partial charge in [0.1, 0.15) is 5.82 Å². The zero-order valence-corrected chi connectivity index (χ0v) is 24.5. The van der Waals surface area contributed by atoms with Crippen molar-refractivity contribution in [3.05, 3.63) is 119 Å². The van der Waals surface area contributed by atoms with Crippen molar-refractivity contribution in [1.29, 1.82) is 0 Å². The van der Waals surface area contributed by atoms with E-state index in [-0.39, 0.29) is 0 Å². The first-order valence-electron chi connectivity index (χ1n) is 14.1. The number of methoxy groups -OCH3 is 1. The third-order valence-electron chi connectivity index (χ3n) is 7.38. The summed E-state index contributed by atoms with van der Waals surface area (Å²) in [5.41, 5.74) is 5.60. The Morgan fingerprint density at radius 1 is 0.930 bits per heavy atom. The second-order valence-corrected chi connectivity index (χ2v) is 10.7. The standard InChI is InChI=1S/C34H31ClN6O2/c1-43-34(42)26-8-10-28-30-21-36-13-12-29(30)33(40-32(28)18-26)38-14-11-24-20-39-41(22-24)16-15-37-19-23-7-9-27(31(35)17-23)25-5-3-2-4-6-25/h2-10,12-13,17-18,20-22,37H,11,14-16,19H2,1H3,(H,38,40). The number of halogens is 1. The Labute approximate surface area is 254 Å². The van der Waals surface area contributed by atoms with E-state index in [2.05, 4.69) is 51.2 Å². The Morgan fingerprint density at radius 3 is 2.65 bits per heavy atom. The van der Waals surface area contributed by atoms with E-state index < -0.39 is 5.97 Å². The lowest BCUT2D eigenvalue weighted by Crippen LogP contribution is -2.19. The molecular weight excluding hydrogens is 560 g/mol. The van der Waals surface area contributed by atoms with Gasteiger partial charge >= 0.3 is 5.97 Å². The van der Waals surface area contributed by atoms with Gasteiger partial charge in [0.15, 0.2) is 0 Å². The molecule has 6 aromatic rings. The van der Waals surface area contributed by atoms with E-state index in [0.717, 1.165) is 75.3 Å². The van der Waals surface area contributed by atoms with Gasteiger partial charge in [0, 0.05) is 65.0 Å². The number of nitrogens with one attached hydrogen (secondary N) is 2. The molecule has 43 heavy (non-hydrogen) atoms. The summed E-state index contributed by atoms with van der Waals surface area (Å²) in [7, 11) is 1.37. The molecule has 0 radical (unpaired) electrons. The maximum absolute atomic E-state index is 12.1. The maximum atomic E-state index is 12.1. The van der Waals surface area contributed by atoms with Crippen molar-refractivity contribution in [3.63, 3.8) is 0 Å². The Bertz CT molecular complexity index is 1890. The first kappa shape index (κ1) is 28.3. The van der Waals surface area contributed by atoms with E-state index in [1.165, 1.54) is 7.11 Å². The number of nitrogens with zero attached hydrogens (tertiary/aromatic N) is 4. The van der Waals surface area contributed by atoms with Crippen molar-refractivity contribution in [3.8, 4) is 11.1 Å². The van der Waals surface area contributed by atoms with Crippen LogP contribution < -0.4 is 10.6 Å². The van der Waals surface area contributed by atoms with Crippen LogP contribution in [0.4, 0.5) is 5.82 Å². The molecule has 0 aliphatic rings. The average Bonchev–Trinajstić information content (AvgIpc) is 3.50. The monoisotopic (exact) mass is 590 g/mol. The van der Waals surface area contributed by atoms with Crippen LogP contribution in [0.3, 0.4) is 0 Å². The number of benzene rings is 3. The van der Waals surface area contributed by atoms with Gasteiger partial charge in [-0.25, -0.2) is 9.78 Å². The van der Waals surface area contributed by atoms with Crippen molar-refractivity contribution < 1.29 is 9.53 Å². The smallest absolute Gasteiger partial charge is 0.337 e. The number of anilines is 1. The molecule has 0 fully saturated rings. The molecule has 9 heteroatoms. The van der Waals surface area contributed by atoms with Crippen LogP contribution in [0.25, 0.3) is 32.8 Å². The number of aromatic nitrogens is 4. The molecule has 0 unspecified atom stereocenters. The van der Waals surface area contributed by atoms with Gasteiger partial charge in [-0.3, -0.25) is 9.67 Å². The number of hydrogen-bond donors (Lipinski definition) is 2. The summed E-state index contributed by atoms with van der Waals surface area (Å²) in [6.07, 6.45) is 8.36. The van der Waals surface area contributed by atoms with Gasteiger partial charge in [-0.1, -0.05) is 60.1 Å². The summed E-state index contributed by atoms with van der Waals surface area (Å²) in [6, 6.07) is 23.7. The van der Waals surface area contributed by atoms with E-state index in [4.69, 9.17) is 21.3 Å². The molecule has 0 aliphatic carbocycles. The zero-order chi connectivity index (χ0) is 29.6. The molecule has 8 nitrogen and oxygen atoms in total. The summed E-state index contributed by atoms with van der Waals surface area (Å²) < 4.78 is 6.84. The number of esters is 1. The van der Waals surface area contributed by atoms with Crippen LogP contribution in [0.15, 0.2) is 97.6 Å². The number of hydrogen-bond acceptors (Lipinski definition) is 7. The molecule has 2 N–H and O–H groups in total. The largest absolute Gasteiger partial charge is 0.465 e. The number of pyridine rings is 2. The fraction of sp³-hybridized carbons (Fsp3) is 0.176. The first-order chi connectivity index (χ1) is 21.1. The minimum atomic E-state index is -0.390. The summed E-state index contributed by atoms with van der Waals surface area (Å²) in [4.78, 5) is 21.2. The van der Waals surface area contributed by atoms with Gasteiger partial charge in [0.05, 0.1) is 30.9 Å². The molecule has 3 aromatic heterocycles. The van der Waals surface area contributed by atoms with E-state index >= 15 is 0 Å². The first-order valence-corrected chi connectivity index (χ1v) is 14.5. The maximum Gasteiger partial charge on any atom is 0.337 e. The van der Waals surface area contributed by atoms with E-state index in [0.29, 0.717) is 17.6 Å². The SMILES string of the molecule is COC(=O)c1ccc2c(c1)nc(NCCc1cnn(CCNCc3ccc(-c4ccccc4)c(Cl)c3)c1)c1ccncc12. The Kier molecular flexibility index (Phi) is 8.58. The fourth-order valence-corrected chi connectivity index (χ4v) is 5.47. The Hall–Kier alpha value is -4.79. The predicted octanol–water partition coefficient (Wildman–Crippen LogP) is 6.53. The quantitative estimate of drug-likeness (QED) is 0.101. The molecule has 0 aliphatic heterocycles. The highest BCUT2D eigenvalue weighted by Crippen LogP contribution is 2.30. The van der Waals surface area contributed by atoms with Crippen LogP contribution in [0.5, 0.6) is 0 Å². The lowest BCUT2D eigenvalue weighted by molar-refractivity contribution is 0.0601. The highest BCUT2D eigenvalue weighted by atomic mass is 35.5. The molecular formula is C34H31ClN6O2. The van der Waals surface area contributed by atoms with Crippen LogP contribution in [0.1, 0.15) is 21.5 Å². The summed E-state index contributed by atoms with van der Waals surface area (Å²) in [5.74, 6) is 0.360. The second kappa shape index (κ2) is 13.0. The van der Waals surface area contributed by atoms with Crippen molar-refractivity contribution in [1.82, 2.24) is 25.1 Å². The normalized spacial score (nSPS) is 11.2. The van der Waals surface area contributed by atoms with E-state index in [1.807, 2.05) is 53.5 Å². The number of fused-ring (bicyclic) bond motifs is 3. The number of ether oxygens (including phenoxy) is 1. The van der Waals surface area contributed by atoms with Gasteiger partial charge in [-0.2, -0.15) is 5.10 Å². The minimum Gasteiger partial charge on any atom is -0.465 e. The molecule has 3 heterocycles. The minimum absolute atomic E-state index is 0.390. The van der Waals surface area contributed by atoms with Crippen molar-refractivity contribution in [2.24, 2.45) is 0 Å². The van der Waals surface area contributed by atoms with Crippen LogP contribution >= 0.6 is 11.6 Å². The fourth-order valence-electron chi connectivity index (χ4n) is 5.16. The van der Waals surface area contributed by atoms with Gasteiger partial charge < -0.3 is 15.4 Å². The van der Waals surface area contributed by atoms with Crippen LogP contribution in [0.2, 0.25) is 5.02 Å². The second-order valence-electron chi connectivity index (χ2n) is 10.3. The van der Waals surface area contributed by atoms with Gasteiger partial charge in [0.25, 0.3) is 0 Å². The highest BCUT2D eigenvalue weighted by molar-refractivity contribution is 6.33. The molecule has 6 rings (SSSR count). The molecule has 0 amide bonds. The highest BCUT2D eigenvalue weighted by Gasteiger charge is 2.12. The molecule has 0 bridgehead atoms. The number of carbonyl (C=O) groups excluding carboxylic acids is 1. The van der Waals surface area contributed by atoms with Gasteiger partial charge in [-0.15, -0.1) is 0 Å². The predicted molar refractivity (Wildman–Crippen MR) is 171 cm³/mol. The molecule has 3 aromatic carbocycles. The molecule has 0 spiro atoms. The third kappa shape index (κ3) is 6.51. The zero-order valence-electron chi connectivity index (χ0n) is 23.8. The number of rotatable bonds is 11. The molecule has 0 saturated carbocycles. The topological polar surface area (TPSA) is 94.0 Å². The van der Waals surface area contributed by atoms with Crippen molar-refractivity contribution >= 4 is 45.1 Å². The van der Waals surface area contributed by atoms with Gasteiger partial charge in [-0.05, 0) is 47.4 Å². The van der Waals surface area contributed by atoms with Gasteiger partial charge in [0.2, 0.25) is 0 Å². The van der Waals surface area contributed by atoms with Crippen molar-refractivity contribution in [2.45, 2.75) is 19.5 Å². The average molecular weight is 591 g/mol.